The lowest BCUT2D eigenvalue weighted by atomic mass is 9.71. The lowest BCUT2D eigenvalue weighted by Gasteiger charge is -2.42. The highest BCUT2D eigenvalue weighted by molar-refractivity contribution is 6.43. The van der Waals surface area contributed by atoms with Gasteiger partial charge in [-0.25, -0.2) is 9.97 Å². The summed E-state index contributed by atoms with van der Waals surface area (Å²) in [6.07, 6.45) is 8.50. The number of benzene rings is 1. The topological polar surface area (TPSA) is 57.7 Å². The molecule has 2 aromatic heterocycles. The van der Waals surface area contributed by atoms with Crippen molar-refractivity contribution in [2.45, 2.75) is 39.0 Å². The van der Waals surface area contributed by atoms with Crippen molar-refractivity contribution in [3.05, 3.63) is 34.4 Å². The van der Waals surface area contributed by atoms with Gasteiger partial charge in [0.25, 0.3) is 0 Å². The zero-order valence-corrected chi connectivity index (χ0v) is 17.4. The molecule has 3 aromatic rings. The van der Waals surface area contributed by atoms with Gasteiger partial charge in [0, 0.05) is 18.7 Å². The quantitative estimate of drug-likeness (QED) is 0.579. The number of rotatable bonds is 2. The van der Waals surface area contributed by atoms with Gasteiger partial charge in [-0.1, -0.05) is 55.1 Å². The van der Waals surface area contributed by atoms with Gasteiger partial charge >= 0.3 is 0 Å². The molecule has 0 radical (unpaired) electrons. The van der Waals surface area contributed by atoms with Gasteiger partial charge in [-0.3, -0.25) is 5.10 Å². The zero-order valence-electron chi connectivity index (χ0n) is 15.9. The first-order chi connectivity index (χ1) is 13.6. The Labute approximate surface area is 174 Å². The smallest absolute Gasteiger partial charge is 0.202 e. The fraction of sp³-hybridized carbons (Fsp3) is 0.476. The summed E-state index contributed by atoms with van der Waals surface area (Å²) in [5, 5.41) is 8.42. The van der Waals surface area contributed by atoms with Crippen LogP contribution in [0.2, 0.25) is 10.0 Å². The highest BCUT2D eigenvalue weighted by atomic mass is 35.5. The number of anilines is 1. The first kappa shape index (κ1) is 18.2. The second-order valence-electron chi connectivity index (χ2n) is 8.24. The van der Waals surface area contributed by atoms with Crippen LogP contribution in [0, 0.1) is 11.3 Å². The molecule has 146 valence electrons. The van der Waals surface area contributed by atoms with Gasteiger partial charge in [-0.05, 0) is 36.7 Å². The number of halogens is 2. The maximum Gasteiger partial charge on any atom is 0.202 e. The summed E-state index contributed by atoms with van der Waals surface area (Å²) in [4.78, 5) is 11.8. The minimum Gasteiger partial charge on any atom is -0.355 e. The van der Waals surface area contributed by atoms with E-state index in [0.29, 0.717) is 26.6 Å². The van der Waals surface area contributed by atoms with E-state index in [1.54, 1.807) is 6.07 Å². The van der Waals surface area contributed by atoms with E-state index in [-0.39, 0.29) is 0 Å². The third kappa shape index (κ3) is 2.87. The summed E-state index contributed by atoms with van der Waals surface area (Å²) in [6, 6.07) is 5.54. The Bertz CT molecular complexity index is 1020. The normalized spacial score (nSPS) is 21.7. The van der Waals surface area contributed by atoms with Gasteiger partial charge in [-0.2, -0.15) is 5.10 Å². The van der Waals surface area contributed by atoms with E-state index in [1.165, 1.54) is 32.1 Å². The molecule has 2 fully saturated rings. The van der Waals surface area contributed by atoms with E-state index in [4.69, 9.17) is 28.2 Å². The molecule has 1 saturated heterocycles. The minimum absolute atomic E-state index is 0.493. The molecule has 28 heavy (non-hydrogen) atoms. The van der Waals surface area contributed by atoms with Crippen molar-refractivity contribution < 1.29 is 0 Å². The lowest BCUT2D eigenvalue weighted by molar-refractivity contribution is 0.161. The van der Waals surface area contributed by atoms with Crippen LogP contribution in [0.1, 0.15) is 39.0 Å². The number of nitrogens with one attached hydrogen (secondary N) is 1. The Kier molecular flexibility index (Phi) is 4.48. The monoisotopic (exact) mass is 415 g/mol. The molecule has 1 spiro atoms. The van der Waals surface area contributed by atoms with Crippen LogP contribution in [0.3, 0.4) is 0 Å². The van der Waals surface area contributed by atoms with Crippen LogP contribution in [0.4, 0.5) is 5.82 Å². The molecule has 5 rings (SSSR count). The van der Waals surface area contributed by atoms with Crippen molar-refractivity contribution in [1.29, 1.82) is 0 Å². The van der Waals surface area contributed by atoms with Crippen molar-refractivity contribution in [1.82, 2.24) is 20.2 Å². The maximum atomic E-state index is 6.37. The maximum absolute atomic E-state index is 6.37. The highest BCUT2D eigenvalue weighted by Gasteiger charge is 2.42. The van der Waals surface area contributed by atoms with Gasteiger partial charge in [0.15, 0.2) is 0 Å². The summed E-state index contributed by atoms with van der Waals surface area (Å²) >= 11 is 12.5. The zero-order chi connectivity index (χ0) is 19.3. The minimum atomic E-state index is 0.493. The van der Waals surface area contributed by atoms with Crippen LogP contribution in [0.5, 0.6) is 0 Å². The Balaban J connectivity index is 1.42. The molecule has 1 aromatic carbocycles. The Morgan fingerprint density at radius 2 is 2.00 bits per heavy atom. The van der Waals surface area contributed by atoms with Crippen LogP contribution in [-0.2, 0) is 0 Å². The van der Waals surface area contributed by atoms with E-state index in [2.05, 4.69) is 27.0 Å². The van der Waals surface area contributed by atoms with Crippen molar-refractivity contribution >= 4 is 40.2 Å². The molecular formula is C21H23Cl2N5. The number of hydrogen-bond donors (Lipinski definition) is 1. The first-order valence-electron chi connectivity index (χ1n) is 9.98. The predicted molar refractivity (Wildman–Crippen MR) is 114 cm³/mol. The Morgan fingerprint density at radius 1 is 1.18 bits per heavy atom. The number of aromatic amines is 1. The molecule has 5 nitrogen and oxygen atoms in total. The van der Waals surface area contributed by atoms with Crippen LogP contribution in [0.25, 0.3) is 22.4 Å². The summed E-state index contributed by atoms with van der Waals surface area (Å²) in [6.45, 7) is 4.52. The second-order valence-corrected chi connectivity index (χ2v) is 9.03. The molecular weight excluding hydrogens is 393 g/mol. The molecule has 1 atom stereocenters. The van der Waals surface area contributed by atoms with Gasteiger partial charge in [0.2, 0.25) is 5.65 Å². The third-order valence-electron chi connectivity index (χ3n) is 6.91. The van der Waals surface area contributed by atoms with Gasteiger partial charge in [-0.15, -0.1) is 0 Å². The number of aromatic nitrogens is 4. The summed E-state index contributed by atoms with van der Waals surface area (Å²) in [5.41, 5.74) is 3.41. The first-order valence-corrected chi connectivity index (χ1v) is 10.7. The third-order valence-corrected chi connectivity index (χ3v) is 7.73. The van der Waals surface area contributed by atoms with Crippen molar-refractivity contribution in [3.63, 3.8) is 0 Å². The summed E-state index contributed by atoms with van der Waals surface area (Å²) < 4.78 is 0. The average molecular weight is 416 g/mol. The van der Waals surface area contributed by atoms with Crippen molar-refractivity contribution in [3.8, 4) is 11.3 Å². The van der Waals surface area contributed by atoms with E-state index in [1.807, 2.05) is 18.3 Å². The van der Waals surface area contributed by atoms with E-state index in [9.17, 15) is 0 Å². The molecule has 1 N–H and O–H groups in total. The fourth-order valence-electron chi connectivity index (χ4n) is 5.06. The predicted octanol–water partition coefficient (Wildman–Crippen LogP) is 5.73. The lowest BCUT2D eigenvalue weighted by Crippen LogP contribution is -2.41. The molecule has 0 amide bonds. The highest BCUT2D eigenvalue weighted by Crippen LogP contribution is 2.50. The molecule has 1 aliphatic heterocycles. The van der Waals surface area contributed by atoms with Crippen LogP contribution in [-0.4, -0.2) is 33.3 Å². The van der Waals surface area contributed by atoms with Crippen molar-refractivity contribution in [2.24, 2.45) is 11.3 Å². The largest absolute Gasteiger partial charge is 0.355 e. The van der Waals surface area contributed by atoms with E-state index in [0.717, 1.165) is 36.1 Å². The van der Waals surface area contributed by atoms with E-state index >= 15 is 0 Å². The molecule has 0 unspecified atom stereocenters. The molecule has 2 aliphatic rings. The number of nitrogens with zero attached hydrogens (tertiary/aromatic N) is 4. The number of piperidine rings is 1. The Hall–Kier alpha value is -1.85. The Morgan fingerprint density at radius 3 is 2.75 bits per heavy atom. The van der Waals surface area contributed by atoms with Crippen LogP contribution in [0.15, 0.2) is 24.4 Å². The van der Waals surface area contributed by atoms with Crippen LogP contribution >= 0.6 is 23.2 Å². The van der Waals surface area contributed by atoms with Crippen molar-refractivity contribution in [2.75, 3.05) is 18.0 Å². The standard InChI is InChI=1S/C21H23Cl2N5/c1-13-4-3-7-21(13)8-10-28(11-9-21)16-12-24-19-18(26-27-20(19)25-16)14-5-2-6-15(22)17(14)23/h2,5-6,12-13H,3-4,7-11H2,1H3,(H,25,26,27)/t13-/m0/s1. The van der Waals surface area contributed by atoms with Gasteiger partial charge in [0.1, 0.15) is 11.3 Å². The van der Waals surface area contributed by atoms with E-state index < -0.39 is 0 Å². The summed E-state index contributed by atoms with van der Waals surface area (Å²) in [5.74, 6) is 1.75. The van der Waals surface area contributed by atoms with Gasteiger partial charge in [0.05, 0.1) is 21.9 Å². The molecule has 0 bridgehead atoms. The second kappa shape index (κ2) is 6.89. The molecule has 3 heterocycles. The van der Waals surface area contributed by atoms with Crippen LogP contribution < -0.4 is 4.90 Å². The summed E-state index contributed by atoms with van der Waals surface area (Å²) in [7, 11) is 0. The number of fused-ring (bicyclic) bond motifs is 1. The SMILES string of the molecule is C[C@H]1CCCC12CCN(c1cnc3c(-c4cccc(Cl)c4Cl)[nH]nc3n1)CC2. The number of hydrogen-bond acceptors (Lipinski definition) is 4. The molecule has 1 saturated carbocycles. The molecule has 7 heteroatoms. The van der Waals surface area contributed by atoms with Gasteiger partial charge < -0.3 is 4.90 Å². The average Bonchev–Trinajstić information content (AvgIpc) is 3.28. The molecule has 1 aliphatic carbocycles. The fourth-order valence-corrected chi connectivity index (χ4v) is 5.46. The number of H-pyrrole nitrogens is 1.